The molecule has 0 radical (unpaired) electrons. The molecule has 3 amide bonds. The van der Waals surface area contributed by atoms with Gasteiger partial charge in [-0.05, 0) is 24.6 Å². The van der Waals surface area contributed by atoms with E-state index in [0.29, 0.717) is 11.6 Å². The SMILES string of the molecule is C[C@H](Sc1ccc(S(=O)(=O)N(C)C)cn1)C(=O)NC(=O)NCc1ccccc1. The first-order chi connectivity index (χ1) is 13.2. The number of hydrogen-bond acceptors (Lipinski definition) is 6. The first kappa shape index (κ1) is 21.9. The molecule has 0 aliphatic heterocycles. The highest BCUT2D eigenvalue weighted by Gasteiger charge is 2.20. The fourth-order valence-electron chi connectivity index (χ4n) is 2.07. The molecule has 0 unspecified atom stereocenters. The van der Waals surface area contributed by atoms with E-state index in [0.717, 1.165) is 21.6 Å². The van der Waals surface area contributed by atoms with Gasteiger partial charge in [0.2, 0.25) is 15.9 Å². The summed E-state index contributed by atoms with van der Waals surface area (Å²) in [5.41, 5.74) is 0.921. The lowest BCUT2D eigenvalue weighted by Gasteiger charge is -2.13. The molecule has 28 heavy (non-hydrogen) atoms. The van der Waals surface area contributed by atoms with Gasteiger partial charge in [-0.3, -0.25) is 10.1 Å². The summed E-state index contributed by atoms with van der Waals surface area (Å²) in [5.74, 6) is -0.470. The molecule has 0 aliphatic rings. The van der Waals surface area contributed by atoms with Crippen molar-refractivity contribution in [3.05, 3.63) is 54.2 Å². The Balaban J connectivity index is 1.87. The highest BCUT2D eigenvalue weighted by molar-refractivity contribution is 8.00. The van der Waals surface area contributed by atoms with Gasteiger partial charge in [-0.2, -0.15) is 0 Å². The number of nitrogens with zero attached hydrogens (tertiary/aromatic N) is 2. The maximum Gasteiger partial charge on any atom is 0.321 e. The molecule has 0 saturated carbocycles. The summed E-state index contributed by atoms with van der Waals surface area (Å²) < 4.78 is 25.2. The van der Waals surface area contributed by atoms with Crippen LogP contribution in [0.25, 0.3) is 0 Å². The number of thioether (sulfide) groups is 1. The maximum atomic E-state index is 12.2. The molecule has 10 heteroatoms. The van der Waals surface area contributed by atoms with Crippen molar-refractivity contribution < 1.29 is 18.0 Å². The zero-order valence-corrected chi connectivity index (χ0v) is 17.4. The highest BCUT2D eigenvalue weighted by Crippen LogP contribution is 2.22. The number of aromatic nitrogens is 1. The third-order valence-corrected chi connectivity index (χ3v) is 6.54. The minimum Gasteiger partial charge on any atom is -0.334 e. The zero-order chi connectivity index (χ0) is 20.7. The number of amides is 3. The minimum absolute atomic E-state index is 0.0687. The summed E-state index contributed by atoms with van der Waals surface area (Å²) in [6.07, 6.45) is 1.24. The first-order valence-corrected chi connectivity index (χ1v) is 10.7. The summed E-state index contributed by atoms with van der Waals surface area (Å²) in [6, 6.07) is 11.7. The molecular weight excluding hydrogens is 400 g/mol. The van der Waals surface area contributed by atoms with Gasteiger partial charge in [0.15, 0.2) is 0 Å². The van der Waals surface area contributed by atoms with E-state index in [1.807, 2.05) is 30.3 Å². The van der Waals surface area contributed by atoms with Gasteiger partial charge in [0.1, 0.15) is 4.90 Å². The van der Waals surface area contributed by atoms with Crippen LogP contribution in [0, 0.1) is 0 Å². The third kappa shape index (κ3) is 6.04. The molecule has 2 N–H and O–H groups in total. The lowest BCUT2D eigenvalue weighted by Crippen LogP contribution is -2.42. The molecular formula is C18H22N4O4S2. The quantitative estimate of drug-likeness (QED) is 0.659. The van der Waals surface area contributed by atoms with E-state index in [4.69, 9.17) is 0 Å². The zero-order valence-electron chi connectivity index (χ0n) is 15.7. The van der Waals surface area contributed by atoms with Gasteiger partial charge in [0.05, 0.1) is 10.3 Å². The van der Waals surface area contributed by atoms with Gasteiger partial charge in [-0.1, -0.05) is 42.1 Å². The maximum absolute atomic E-state index is 12.2. The van der Waals surface area contributed by atoms with E-state index >= 15 is 0 Å². The van der Waals surface area contributed by atoms with Crippen molar-refractivity contribution in [3.8, 4) is 0 Å². The molecule has 1 aromatic heterocycles. The number of imide groups is 1. The molecule has 2 aromatic rings. The topological polar surface area (TPSA) is 108 Å². The molecule has 1 atom stereocenters. The first-order valence-electron chi connectivity index (χ1n) is 8.38. The normalized spacial score (nSPS) is 12.4. The monoisotopic (exact) mass is 422 g/mol. The Labute approximate surface area is 168 Å². The van der Waals surface area contributed by atoms with Crippen LogP contribution in [0.15, 0.2) is 58.6 Å². The molecule has 0 aliphatic carbocycles. The van der Waals surface area contributed by atoms with E-state index in [-0.39, 0.29) is 4.90 Å². The van der Waals surface area contributed by atoms with Gasteiger partial charge in [-0.15, -0.1) is 0 Å². The van der Waals surface area contributed by atoms with Crippen molar-refractivity contribution in [1.29, 1.82) is 0 Å². The van der Waals surface area contributed by atoms with Crippen LogP contribution in [0.2, 0.25) is 0 Å². The average Bonchev–Trinajstić information content (AvgIpc) is 2.67. The second-order valence-electron chi connectivity index (χ2n) is 6.04. The highest BCUT2D eigenvalue weighted by atomic mass is 32.2. The van der Waals surface area contributed by atoms with Gasteiger partial charge < -0.3 is 5.32 Å². The number of pyridine rings is 1. The Kier molecular flexibility index (Phi) is 7.55. The van der Waals surface area contributed by atoms with Crippen molar-refractivity contribution in [3.63, 3.8) is 0 Å². The van der Waals surface area contributed by atoms with Crippen molar-refractivity contribution in [2.24, 2.45) is 0 Å². The van der Waals surface area contributed by atoms with E-state index in [2.05, 4.69) is 15.6 Å². The largest absolute Gasteiger partial charge is 0.334 e. The molecule has 0 saturated heterocycles. The van der Waals surface area contributed by atoms with Crippen LogP contribution in [0.4, 0.5) is 4.79 Å². The van der Waals surface area contributed by atoms with Gasteiger partial charge in [-0.25, -0.2) is 22.5 Å². The van der Waals surface area contributed by atoms with Gasteiger partial charge in [0.25, 0.3) is 0 Å². The fraction of sp³-hybridized carbons (Fsp3) is 0.278. The number of urea groups is 1. The van der Waals surface area contributed by atoms with Crippen molar-refractivity contribution in [2.45, 2.75) is 28.6 Å². The molecule has 1 heterocycles. The lowest BCUT2D eigenvalue weighted by molar-refractivity contribution is -0.119. The van der Waals surface area contributed by atoms with Crippen molar-refractivity contribution >= 4 is 33.7 Å². The summed E-state index contributed by atoms with van der Waals surface area (Å²) in [4.78, 5) is 28.2. The average molecular weight is 423 g/mol. The van der Waals surface area contributed by atoms with Crippen LogP contribution in [0.5, 0.6) is 0 Å². The number of sulfonamides is 1. The van der Waals surface area contributed by atoms with Gasteiger partial charge in [0, 0.05) is 26.8 Å². The summed E-state index contributed by atoms with van der Waals surface area (Å²) in [5, 5.41) is 4.78. The lowest BCUT2D eigenvalue weighted by atomic mass is 10.2. The predicted octanol–water partition coefficient (Wildman–Crippen LogP) is 1.84. The second-order valence-corrected chi connectivity index (χ2v) is 9.55. The number of benzene rings is 1. The van der Waals surface area contributed by atoms with E-state index in [9.17, 15) is 18.0 Å². The van der Waals surface area contributed by atoms with Crippen LogP contribution >= 0.6 is 11.8 Å². The Morgan fingerprint density at radius 1 is 1.14 bits per heavy atom. The van der Waals surface area contributed by atoms with E-state index in [1.165, 1.54) is 32.4 Å². The Morgan fingerprint density at radius 3 is 2.39 bits per heavy atom. The number of carbonyl (C=O) groups excluding carboxylic acids is 2. The minimum atomic E-state index is -3.55. The predicted molar refractivity (Wildman–Crippen MR) is 107 cm³/mol. The van der Waals surface area contributed by atoms with E-state index in [1.54, 1.807) is 6.92 Å². The van der Waals surface area contributed by atoms with E-state index < -0.39 is 27.2 Å². The molecule has 1 aromatic carbocycles. The molecule has 0 fully saturated rings. The van der Waals surface area contributed by atoms with Crippen LogP contribution in [-0.4, -0.2) is 49.0 Å². The number of hydrogen-bond donors (Lipinski definition) is 2. The molecule has 0 bridgehead atoms. The Bertz CT molecular complexity index is 916. The second kappa shape index (κ2) is 9.67. The number of nitrogens with one attached hydrogen (secondary N) is 2. The summed E-state index contributed by atoms with van der Waals surface area (Å²) in [7, 11) is -0.679. The van der Waals surface area contributed by atoms with Crippen molar-refractivity contribution in [2.75, 3.05) is 14.1 Å². The smallest absolute Gasteiger partial charge is 0.321 e. The molecule has 150 valence electrons. The van der Waals surface area contributed by atoms with Crippen molar-refractivity contribution in [1.82, 2.24) is 19.9 Å². The molecule has 0 spiro atoms. The number of carbonyl (C=O) groups is 2. The van der Waals surface area contributed by atoms with Crippen LogP contribution in [-0.2, 0) is 21.4 Å². The summed E-state index contributed by atoms with van der Waals surface area (Å²) >= 11 is 1.12. The van der Waals surface area contributed by atoms with Crippen LogP contribution < -0.4 is 10.6 Å². The molecule has 2 rings (SSSR count). The van der Waals surface area contributed by atoms with Crippen LogP contribution in [0.1, 0.15) is 12.5 Å². The Hall–Kier alpha value is -2.43. The van der Waals surface area contributed by atoms with Gasteiger partial charge >= 0.3 is 6.03 Å². The third-order valence-electron chi connectivity index (χ3n) is 3.69. The molecule has 8 nitrogen and oxygen atoms in total. The number of rotatable bonds is 7. The Morgan fingerprint density at radius 2 is 1.82 bits per heavy atom. The standard InChI is InChI=1S/C18H22N4O4S2/c1-13(17(23)21-18(24)20-11-14-7-5-4-6-8-14)27-16-10-9-15(12-19-16)28(25,26)22(2)3/h4-10,12-13H,11H2,1-3H3,(H2,20,21,23,24)/t13-/m0/s1. The fourth-order valence-corrected chi connectivity index (χ4v) is 3.71. The summed E-state index contributed by atoms with van der Waals surface area (Å²) in [6.45, 7) is 1.95. The van der Waals surface area contributed by atoms with Crippen LogP contribution in [0.3, 0.4) is 0 Å².